The molecule has 2 N–H and O–H groups in total. The molecule has 1 atom stereocenters. The minimum atomic E-state index is 0. The first-order valence-electron chi connectivity index (χ1n) is 8.69. The number of ether oxygens (including phenoxy) is 2. The van der Waals surface area contributed by atoms with E-state index in [1.54, 1.807) is 0 Å². The maximum absolute atomic E-state index is 6.16. The van der Waals surface area contributed by atoms with Crippen molar-refractivity contribution in [3.05, 3.63) is 29.3 Å². The highest BCUT2D eigenvalue weighted by Crippen LogP contribution is 2.23. The van der Waals surface area contributed by atoms with Crippen molar-refractivity contribution in [3.8, 4) is 5.75 Å². The number of nitrogens with two attached hydrogens (primary N) is 1. The second-order valence-electron chi connectivity index (χ2n) is 6.33. The van der Waals surface area contributed by atoms with Gasteiger partial charge in [0.1, 0.15) is 12.4 Å². The van der Waals surface area contributed by atoms with E-state index in [2.05, 4.69) is 35.0 Å². The molecule has 0 aliphatic carbocycles. The minimum Gasteiger partial charge on any atom is -0.491 e. The van der Waals surface area contributed by atoms with E-state index in [4.69, 9.17) is 15.2 Å². The van der Waals surface area contributed by atoms with Crippen molar-refractivity contribution in [2.45, 2.75) is 32.4 Å². The maximum Gasteiger partial charge on any atom is 0.191 e. The normalized spacial score (nSPS) is 21.1. The summed E-state index contributed by atoms with van der Waals surface area (Å²) in [5.41, 5.74) is 8.42. The zero-order valence-corrected chi connectivity index (χ0v) is 17.9. The zero-order chi connectivity index (χ0) is 16.8. The van der Waals surface area contributed by atoms with E-state index in [0.29, 0.717) is 19.1 Å². The second kappa shape index (κ2) is 10.5. The van der Waals surface area contributed by atoms with E-state index in [1.165, 1.54) is 5.56 Å². The molecular formula is C18H28IN3O2S. The summed E-state index contributed by atoms with van der Waals surface area (Å²) >= 11 is 1.97. The topological polar surface area (TPSA) is 60.1 Å². The van der Waals surface area contributed by atoms with Crippen LogP contribution in [-0.2, 0) is 11.3 Å². The average molecular weight is 477 g/mol. The fourth-order valence-electron chi connectivity index (χ4n) is 2.94. The third kappa shape index (κ3) is 6.21. The summed E-state index contributed by atoms with van der Waals surface area (Å²) in [6, 6.07) is 6.26. The first-order chi connectivity index (χ1) is 11.7. The van der Waals surface area contributed by atoms with Crippen LogP contribution in [0.1, 0.15) is 24.0 Å². The van der Waals surface area contributed by atoms with Gasteiger partial charge in [0.2, 0.25) is 0 Å². The molecule has 0 spiro atoms. The Kier molecular flexibility index (Phi) is 8.65. The van der Waals surface area contributed by atoms with Crippen LogP contribution in [0.25, 0.3) is 0 Å². The first-order valence-corrected chi connectivity index (χ1v) is 9.84. The lowest BCUT2D eigenvalue weighted by atomic mass is 10.1. The molecule has 1 aromatic carbocycles. The Balaban J connectivity index is 0.00000225. The van der Waals surface area contributed by atoms with Gasteiger partial charge in [0.25, 0.3) is 0 Å². The van der Waals surface area contributed by atoms with Crippen molar-refractivity contribution in [1.29, 1.82) is 0 Å². The van der Waals surface area contributed by atoms with Crippen LogP contribution in [0.5, 0.6) is 5.75 Å². The van der Waals surface area contributed by atoms with E-state index in [0.717, 1.165) is 55.4 Å². The molecule has 2 heterocycles. The lowest BCUT2D eigenvalue weighted by Gasteiger charge is -2.27. The molecule has 0 radical (unpaired) electrons. The second-order valence-corrected chi connectivity index (χ2v) is 7.56. The predicted molar refractivity (Wildman–Crippen MR) is 115 cm³/mol. The van der Waals surface area contributed by atoms with E-state index < -0.39 is 0 Å². The summed E-state index contributed by atoms with van der Waals surface area (Å²) in [7, 11) is 0. The van der Waals surface area contributed by atoms with Crippen LogP contribution < -0.4 is 10.5 Å². The predicted octanol–water partition coefficient (Wildman–Crippen LogP) is 3.03. The Hall–Kier alpha value is -0.670. The van der Waals surface area contributed by atoms with Crippen LogP contribution in [0.15, 0.2) is 23.2 Å². The van der Waals surface area contributed by atoms with Gasteiger partial charge in [0, 0.05) is 36.8 Å². The third-order valence-electron chi connectivity index (χ3n) is 4.42. The van der Waals surface area contributed by atoms with Gasteiger partial charge in [-0.2, -0.15) is 11.8 Å². The summed E-state index contributed by atoms with van der Waals surface area (Å²) < 4.78 is 11.7. The van der Waals surface area contributed by atoms with Crippen LogP contribution in [0, 0.1) is 6.92 Å². The largest absolute Gasteiger partial charge is 0.491 e. The Morgan fingerprint density at radius 1 is 1.40 bits per heavy atom. The average Bonchev–Trinajstić information content (AvgIpc) is 3.13. The smallest absolute Gasteiger partial charge is 0.191 e. The molecule has 1 aromatic rings. The molecule has 0 bridgehead atoms. The molecule has 3 rings (SSSR count). The number of halogens is 1. The first kappa shape index (κ1) is 20.6. The molecule has 25 heavy (non-hydrogen) atoms. The fourth-order valence-corrected chi connectivity index (χ4v) is 3.85. The summed E-state index contributed by atoms with van der Waals surface area (Å²) in [4.78, 5) is 6.75. The lowest BCUT2D eigenvalue weighted by molar-refractivity contribution is 0.0676. The number of aryl methyl sites for hydroxylation is 1. The van der Waals surface area contributed by atoms with Gasteiger partial charge in [0.05, 0.1) is 12.6 Å². The molecule has 2 aliphatic heterocycles. The quantitative estimate of drug-likeness (QED) is 0.402. The minimum absolute atomic E-state index is 0. The Labute approximate surface area is 171 Å². The lowest BCUT2D eigenvalue weighted by Crippen LogP contribution is -2.42. The number of nitrogens with zero attached hydrogens (tertiary/aromatic N) is 2. The van der Waals surface area contributed by atoms with Crippen molar-refractivity contribution >= 4 is 41.7 Å². The Bertz CT molecular complexity index is 573. The van der Waals surface area contributed by atoms with Gasteiger partial charge in [-0.15, -0.1) is 24.0 Å². The number of thioether (sulfide) groups is 1. The molecule has 2 aliphatic rings. The molecule has 5 nitrogen and oxygen atoms in total. The van der Waals surface area contributed by atoms with Crippen LogP contribution in [0.2, 0.25) is 0 Å². The van der Waals surface area contributed by atoms with Gasteiger partial charge < -0.3 is 20.1 Å². The van der Waals surface area contributed by atoms with Crippen LogP contribution >= 0.6 is 35.7 Å². The molecule has 140 valence electrons. The monoisotopic (exact) mass is 477 g/mol. The molecular weight excluding hydrogens is 449 g/mol. The number of hydrogen-bond acceptors (Lipinski definition) is 4. The summed E-state index contributed by atoms with van der Waals surface area (Å²) in [5.74, 6) is 3.78. The third-order valence-corrected chi connectivity index (χ3v) is 5.36. The molecule has 0 amide bonds. The van der Waals surface area contributed by atoms with Crippen LogP contribution in [0.3, 0.4) is 0 Å². The Morgan fingerprint density at radius 3 is 2.92 bits per heavy atom. The van der Waals surface area contributed by atoms with Gasteiger partial charge in [-0.3, -0.25) is 0 Å². The van der Waals surface area contributed by atoms with Crippen LogP contribution in [-0.4, -0.2) is 54.8 Å². The van der Waals surface area contributed by atoms with Crippen molar-refractivity contribution in [1.82, 2.24) is 4.90 Å². The van der Waals surface area contributed by atoms with Crippen molar-refractivity contribution < 1.29 is 9.47 Å². The van der Waals surface area contributed by atoms with E-state index in [1.807, 2.05) is 11.8 Å². The molecule has 2 fully saturated rings. The summed E-state index contributed by atoms with van der Waals surface area (Å²) in [5, 5.41) is 0. The molecule has 7 heteroatoms. The highest BCUT2D eigenvalue weighted by atomic mass is 127. The van der Waals surface area contributed by atoms with Gasteiger partial charge in [-0.05, 0) is 31.4 Å². The summed E-state index contributed by atoms with van der Waals surface area (Å²) in [6.07, 6.45) is 2.43. The maximum atomic E-state index is 6.16. The Morgan fingerprint density at radius 2 is 2.20 bits per heavy atom. The highest BCUT2D eigenvalue weighted by Gasteiger charge is 2.17. The number of benzene rings is 1. The van der Waals surface area contributed by atoms with Crippen LogP contribution in [0.4, 0.5) is 0 Å². The van der Waals surface area contributed by atoms with E-state index in [9.17, 15) is 0 Å². The van der Waals surface area contributed by atoms with Gasteiger partial charge in [-0.1, -0.05) is 12.1 Å². The number of hydrogen-bond donors (Lipinski definition) is 1. The molecule has 0 saturated carbocycles. The number of guanidine groups is 1. The van der Waals surface area contributed by atoms with Gasteiger partial charge in [-0.25, -0.2) is 4.99 Å². The number of aliphatic imine (C=N–C) groups is 1. The zero-order valence-electron chi connectivity index (χ0n) is 14.8. The van der Waals surface area contributed by atoms with Gasteiger partial charge >= 0.3 is 0 Å². The molecule has 2 saturated heterocycles. The molecule has 1 unspecified atom stereocenters. The van der Waals surface area contributed by atoms with E-state index in [-0.39, 0.29) is 30.1 Å². The fraction of sp³-hybridized carbons (Fsp3) is 0.611. The summed E-state index contributed by atoms with van der Waals surface area (Å²) in [6.45, 7) is 6.05. The SMILES string of the molecule is Cc1ccc(CN=C(N)N2CCSCC2)c(OCC2CCCO2)c1.I. The van der Waals surface area contributed by atoms with E-state index >= 15 is 0 Å². The molecule has 0 aromatic heterocycles. The van der Waals surface area contributed by atoms with Crippen molar-refractivity contribution in [2.75, 3.05) is 37.8 Å². The van der Waals surface area contributed by atoms with Crippen molar-refractivity contribution in [2.24, 2.45) is 10.7 Å². The number of rotatable bonds is 5. The standard InChI is InChI=1S/C18H27N3O2S.HI/c1-14-4-5-15(12-20-18(19)21-6-9-24-10-7-21)17(11-14)23-13-16-3-2-8-22-16;/h4-5,11,16H,2-3,6-10,12-13H2,1H3,(H2,19,20);1H. The van der Waals surface area contributed by atoms with Crippen molar-refractivity contribution in [3.63, 3.8) is 0 Å². The highest BCUT2D eigenvalue weighted by molar-refractivity contribution is 14.0. The van der Waals surface area contributed by atoms with Gasteiger partial charge in [0.15, 0.2) is 5.96 Å².